The summed E-state index contributed by atoms with van der Waals surface area (Å²) in [5, 5.41) is 8.86. The topological polar surface area (TPSA) is 50.4 Å². The van der Waals surface area contributed by atoms with Crippen LogP contribution in [0.4, 0.5) is 0 Å². The number of hydrogen-bond acceptors (Lipinski definition) is 2. The van der Waals surface area contributed by atoms with Crippen molar-refractivity contribution in [2.24, 2.45) is 5.92 Å². The van der Waals surface area contributed by atoms with E-state index in [1.807, 2.05) is 6.07 Å². The highest BCUT2D eigenvalue weighted by atomic mass is 16.4. The predicted octanol–water partition coefficient (Wildman–Crippen LogP) is 2.03. The molecule has 0 aliphatic heterocycles. The molecule has 0 aromatic carbocycles. The van der Waals surface area contributed by atoms with Gasteiger partial charge in [-0.15, -0.1) is 0 Å². The minimum absolute atomic E-state index is 0.0718. The molecule has 1 aromatic heterocycles. The van der Waals surface area contributed by atoms with E-state index in [-0.39, 0.29) is 11.8 Å². The Balaban J connectivity index is 2.25. The Labute approximate surface area is 76.4 Å². The molecule has 70 valence electrons. The molecule has 1 aromatic rings. The maximum atomic E-state index is 10.8. The molecule has 2 rings (SSSR count). The maximum Gasteiger partial charge on any atom is 0.306 e. The van der Waals surface area contributed by atoms with Crippen LogP contribution in [-0.4, -0.2) is 11.1 Å². The average Bonchev–Trinajstić information content (AvgIpc) is 2.61. The molecule has 1 heterocycles. The van der Waals surface area contributed by atoms with Crippen LogP contribution in [0.2, 0.25) is 0 Å². The second-order valence-corrected chi connectivity index (χ2v) is 3.58. The van der Waals surface area contributed by atoms with Crippen LogP contribution < -0.4 is 0 Å². The van der Waals surface area contributed by atoms with Gasteiger partial charge in [-0.25, -0.2) is 0 Å². The third-order valence-electron chi connectivity index (χ3n) is 2.84. The van der Waals surface area contributed by atoms with E-state index in [2.05, 4.69) is 0 Å². The molecule has 0 saturated carbocycles. The van der Waals surface area contributed by atoms with E-state index in [1.54, 1.807) is 13.2 Å². The van der Waals surface area contributed by atoms with Crippen molar-refractivity contribution in [1.29, 1.82) is 0 Å². The highest BCUT2D eigenvalue weighted by molar-refractivity contribution is 5.71. The SMILES string of the molecule is CC(C(=O)O)C1CCc2ccoc21. The third-order valence-corrected chi connectivity index (χ3v) is 2.84. The summed E-state index contributed by atoms with van der Waals surface area (Å²) in [6.07, 6.45) is 3.50. The third kappa shape index (κ3) is 1.24. The van der Waals surface area contributed by atoms with Gasteiger partial charge in [-0.2, -0.15) is 0 Å². The number of carbonyl (C=O) groups is 1. The molecule has 3 nitrogen and oxygen atoms in total. The number of carboxylic acids is 1. The fourth-order valence-electron chi connectivity index (χ4n) is 1.97. The Morgan fingerprint density at radius 3 is 3.23 bits per heavy atom. The zero-order valence-electron chi connectivity index (χ0n) is 7.49. The van der Waals surface area contributed by atoms with Crippen LogP contribution >= 0.6 is 0 Å². The lowest BCUT2D eigenvalue weighted by Gasteiger charge is -2.13. The summed E-state index contributed by atoms with van der Waals surface area (Å²) in [6, 6.07) is 1.93. The van der Waals surface area contributed by atoms with Crippen LogP contribution in [0.3, 0.4) is 0 Å². The van der Waals surface area contributed by atoms with E-state index < -0.39 is 5.97 Å². The van der Waals surface area contributed by atoms with Crippen molar-refractivity contribution in [2.75, 3.05) is 0 Å². The first-order chi connectivity index (χ1) is 6.20. The minimum Gasteiger partial charge on any atom is -0.481 e. The molecule has 13 heavy (non-hydrogen) atoms. The minimum atomic E-state index is -0.741. The first-order valence-corrected chi connectivity index (χ1v) is 4.49. The zero-order valence-corrected chi connectivity index (χ0v) is 7.49. The van der Waals surface area contributed by atoms with Crippen molar-refractivity contribution >= 4 is 5.97 Å². The maximum absolute atomic E-state index is 10.8. The Bertz CT molecular complexity index is 327. The van der Waals surface area contributed by atoms with Crippen LogP contribution in [0.25, 0.3) is 0 Å². The smallest absolute Gasteiger partial charge is 0.306 e. The van der Waals surface area contributed by atoms with E-state index in [1.165, 1.54) is 5.56 Å². The molecule has 1 N–H and O–H groups in total. The second kappa shape index (κ2) is 2.91. The quantitative estimate of drug-likeness (QED) is 0.757. The summed E-state index contributed by atoms with van der Waals surface area (Å²) in [6.45, 7) is 1.74. The van der Waals surface area contributed by atoms with Gasteiger partial charge in [-0.1, -0.05) is 6.92 Å². The number of furan rings is 1. The normalized spacial score (nSPS) is 22.7. The summed E-state index contributed by atoms with van der Waals surface area (Å²) in [4.78, 5) is 10.8. The first kappa shape index (κ1) is 8.35. The van der Waals surface area contributed by atoms with Gasteiger partial charge >= 0.3 is 5.97 Å². The predicted molar refractivity (Wildman–Crippen MR) is 46.6 cm³/mol. The first-order valence-electron chi connectivity index (χ1n) is 4.49. The van der Waals surface area contributed by atoms with Crippen molar-refractivity contribution in [3.05, 3.63) is 23.7 Å². The second-order valence-electron chi connectivity index (χ2n) is 3.58. The number of carboxylic acid groups (broad SMARTS) is 1. The van der Waals surface area contributed by atoms with Crippen LogP contribution in [-0.2, 0) is 11.2 Å². The van der Waals surface area contributed by atoms with Gasteiger partial charge in [0.1, 0.15) is 5.76 Å². The molecule has 2 atom stereocenters. The molecule has 0 radical (unpaired) electrons. The van der Waals surface area contributed by atoms with E-state index >= 15 is 0 Å². The lowest BCUT2D eigenvalue weighted by molar-refractivity contribution is -0.142. The van der Waals surface area contributed by atoms with Gasteiger partial charge in [0.05, 0.1) is 12.2 Å². The monoisotopic (exact) mass is 180 g/mol. The largest absolute Gasteiger partial charge is 0.481 e. The van der Waals surface area contributed by atoms with Crippen LogP contribution in [0.1, 0.15) is 30.6 Å². The Hall–Kier alpha value is -1.25. The summed E-state index contributed by atoms with van der Waals surface area (Å²) < 4.78 is 5.30. The number of aliphatic carboxylic acids is 1. The molecule has 1 aliphatic carbocycles. The van der Waals surface area contributed by atoms with E-state index in [4.69, 9.17) is 9.52 Å². The molecule has 0 bridgehead atoms. The lowest BCUT2D eigenvalue weighted by Crippen LogP contribution is -2.16. The van der Waals surface area contributed by atoms with Gasteiger partial charge in [0.2, 0.25) is 0 Å². The number of rotatable bonds is 2. The zero-order chi connectivity index (χ0) is 9.42. The summed E-state index contributed by atoms with van der Waals surface area (Å²) >= 11 is 0. The van der Waals surface area contributed by atoms with Gasteiger partial charge in [0.15, 0.2) is 0 Å². The van der Waals surface area contributed by atoms with Crippen molar-refractivity contribution in [1.82, 2.24) is 0 Å². The molecule has 0 spiro atoms. The van der Waals surface area contributed by atoms with E-state index in [9.17, 15) is 4.79 Å². The molecule has 2 unspecified atom stereocenters. The van der Waals surface area contributed by atoms with Crippen molar-refractivity contribution in [2.45, 2.75) is 25.7 Å². The average molecular weight is 180 g/mol. The number of hydrogen-bond donors (Lipinski definition) is 1. The van der Waals surface area contributed by atoms with Crippen LogP contribution in [0.5, 0.6) is 0 Å². The number of fused-ring (bicyclic) bond motifs is 1. The fraction of sp³-hybridized carbons (Fsp3) is 0.500. The molecular formula is C10H12O3. The lowest BCUT2D eigenvalue weighted by atomic mass is 9.93. The molecule has 0 amide bonds. The highest BCUT2D eigenvalue weighted by Gasteiger charge is 2.33. The highest BCUT2D eigenvalue weighted by Crippen LogP contribution is 2.38. The van der Waals surface area contributed by atoms with Crippen molar-refractivity contribution < 1.29 is 14.3 Å². The van der Waals surface area contributed by atoms with Gasteiger partial charge in [0, 0.05) is 5.92 Å². The van der Waals surface area contributed by atoms with E-state index in [0.29, 0.717) is 0 Å². The fourth-order valence-corrected chi connectivity index (χ4v) is 1.97. The Morgan fingerprint density at radius 2 is 2.54 bits per heavy atom. The molecule has 1 aliphatic rings. The van der Waals surface area contributed by atoms with Crippen LogP contribution in [0.15, 0.2) is 16.7 Å². The van der Waals surface area contributed by atoms with Crippen molar-refractivity contribution in [3.8, 4) is 0 Å². The van der Waals surface area contributed by atoms with E-state index in [0.717, 1.165) is 18.6 Å². The molecular weight excluding hydrogens is 168 g/mol. The molecule has 3 heteroatoms. The Kier molecular flexibility index (Phi) is 1.87. The van der Waals surface area contributed by atoms with Gasteiger partial charge in [-0.3, -0.25) is 4.79 Å². The molecule has 0 fully saturated rings. The standard InChI is InChI=1S/C10H12O3/c1-6(10(11)12)8-3-2-7-4-5-13-9(7)8/h4-6,8H,2-3H2,1H3,(H,11,12). The van der Waals surface area contributed by atoms with Gasteiger partial charge < -0.3 is 9.52 Å². The Morgan fingerprint density at radius 1 is 1.77 bits per heavy atom. The van der Waals surface area contributed by atoms with Gasteiger partial charge in [-0.05, 0) is 24.5 Å². The summed E-state index contributed by atoms with van der Waals surface area (Å²) in [5.74, 6) is -0.126. The molecule has 0 saturated heterocycles. The summed E-state index contributed by atoms with van der Waals surface area (Å²) in [5.41, 5.74) is 1.18. The van der Waals surface area contributed by atoms with Crippen LogP contribution in [0, 0.1) is 5.92 Å². The van der Waals surface area contributed by atoms with Gasteiger partial charge in [0.25, 0.3) is 0 Å². The van der Waals surface area contributed by atoms with Crippen molar-refractivity contribution in [3.63, 3.8) is 0 Å². The number of aryl methyl sites for hydroxylation is 1. The summed E-state index contributed by atoms with van der Waals surface area (Å²) in [7, 11) is 0.